The van der Waals surface area contributed by atoms with Crippen LogP contribution in [-0.4, -0.2) is 27.5 Å². The normalized spacial score (nSPS) is 10.6. The molecule has 1 aromatic carbocycles. The molecule has 28 heavy (non-hydrogen) atoms. The predicted octanol–water partition coefficient (Wildman–Crippen LogP) is 1.85. The maximum absolute atomic E-state index is 12.5. The van der Waals surface area contributed by atoms with Gasteiger partial charge in [0.25, 0.3) is 5.56 Å². The molecule has 0 bridgehead atoms. The molecule has 0 aliphatic carbocycles. The van der Waals surface area contributed by atoms with E-state index in [1.165, 1.54) is 28.2 Å². The highest BCUT2D eigenvalue weighted by Gasteiger charge is 2.14. The molecule has 144 valence electrons. The van der Waals surface area contributed by atoms with E-state index in [-0.39, 0.29) is 12.3 Å². The molecule has 0 unspecified atom stereocenters. The number of hydrogen-bond donors (Lipinski definition) is 0. The maximum atomic E-state index is 12.5. The van der Waals surface area contributed by atoms with Gasteiger partial charge in [-0.05, 0) is 24.6 Å². The smallest absolute Gasteiger partial charge is 0.331 e. The van der Waals surface area contributed by atoms with Crippen molar-refractivity contribution >= 4 is 23.1 Å². The third kappa shape index (κ3) is 4.72. The predicted molar refractivity (Wildman–Crippen MR) is 105 cm³/mol. The van der Waals surface area contributed by atoms with Crippen LogP contribution in [0.15, 0.2) is 64.3 Å². The first-order valence-corrected chi connectivity index (χ1v) is 9.35. The van der Waals surface area contributed by atoms with E-state index in [1.54, 1.807) is 12.1 Å². The van der Waals surface area contributed by atoms with Gasteiger partial charge in [0, 0.05) is 17.1 Å². The standard InChI is InChI=1S/C20H18N2O5S/c1-14-7-8-17(28-14)16(23)13-27-19(25)12-22-18(24)9-10-21(20(22)26)11-15-5-3-2-4-6-15/h2-10H,11-13H2,1H3. The highest BCUT2D eigenvalue weighted by atomic mass is 32.1. The number of benzene rings is 1. The fraction of sp³-hybridized carbons (Fsp3) is 0.200. The quantitative estimate of drug-likeness (QED) is 0.448. The van der Waals surface area contributed by atoms with Crippen molar-refractivity contribution in [2.24, 2.45) is 0 Å². The zero-order chi connectivity index (χ0) is 20.1. The summed E-state index contributed by atoms with van der Waals surface area (Å²) in [6.45, 7) is 1.16. The van der Waals surface area contributed by atoms with E-state index in [1.807, 2.05) is 37.3 Å². The van der Waals surface area contributed by atoms with Gasteiger partial charge in [-0.25, -0.2) is 9.36 Å². The van der Waals surface area contributed by atoms with Crippen molar-refractivity contribution in [3.8, 4) is 0 Å². The van der Waals surface area contributed by atoms with Gasteiger partial charge in [-0.3, -0.25) is 19.0 Å². The zero-order valence-corrected chi connectivity index (χ0v) is 16.0. The van der Waals surface area contributed by atoms with Crippen molar-refractivity contribution in [2.45, 2.75) is 20.0 Å². The minimum Gasteiger partial charge on any atom is -0.456 e. The number of aromatic nitrogens is 2. The summed E-state index contributed by atoms with van der Waals surface area (Å²) < 4.78 is 7.08. The molecule has 0 aliphatic heterocycles. The van der Waals surface area contributed by atoms with E-state index in [2.05, 4.69) is 0 Å². The Hall–Kier alpha value is -3.26. The Labute approximate surface area is 164 Å². The number of esters is 1. The number of ether oxygens (including phenoxy) is 1. The Kier molecular flexibility index (Phi) is 6.00. The Morgan fingerprint density at radius 3 is 2.46 bits per heavy atom. The molecular weight excluding hydrogens is 380 g/mol. The van der Waals surface area contributed by atoms with Crippen LogP contribution in [0.2, 0.25) is 0 Å². The van der Waals surface area contributed by atoms with Gasteiger partial charge in [-0.2, -0.15) is 0 Å². The van der Waals surface area contributed by atoms with Gasteiger partial charge in [0.1, 0.15) is 6.54 Å². The monoisotopic (exact) mass is 398 g/mol. The second-order valence-electron chi connectivity index (χ2n) is 6.13. The molecule has 2 heterocycles. The summed E-state index contributed by atoms with van der Waals surface area (Å²) in [6, 6.07) is 14.0. The number of rotatable bonds is 7. The van der Waals surface area contributed by atoms with Crippen molar-refractivity contribution in [3.63, 3.8) is 0 Å². The summed E-state index contributed by atoms with van der Waals surface area (Å²) in [5, 5.41) is 0. The number of aryl methyl sites for hydroxylation is 1. The zero-order valence-electron chi connectivity index (χ0n) is 15.2. The summed E-state index contributed by atoms with van der Waals surface area (Å²) >= 11 is 1.31. The van der Waals surface area contributed by atoms with Crippen molar-refractivity contribution in [1.82, 2.24) is 9.13 Å². The molecule has 0 amide bonds. The van der Waals surface area contributed by atoms with Gasteiger partial charge >= 0.3 is 11.7 Å². The Bertz CT molecular complexity index is 1110. The van der Waals surface area contributed by atoms with Crippen LogP contribution in [0.5, 0.6) is 0 Å². The Morgan fingerprint density at radius 2 is 1.79 bits per heavy atom. The van der Waals surface area contributed by atoms with E-state index in [0.717, 1.165) is 15.0 Å². The minimum atomic E-state index is -0.821. The molecule has 0 radical (unpaired) electrons. The number of Topliss-reactive ketones (excluding diaryl/α,β-unsaturated/α-hetero) is 1. The van der Waals surface area contributed by atoms with Crippen LogP contribution in [0.3, 0.4) is 0 Å². The third-order valence-electron chi connectivity index (χ3n) is 4.00. The van der Waals surface area contributed by atoms with Crippen molar-refractivity contribution in [3.05, 3.63) is 90.9 Å². The Morgan fingerprint density at radius 1 is 1.04 bits per heavy atom. The van der Waals surface area contributed by atoms with Crippen LogP contribution < -0.4 is 11.2 Å². The van der Waals surface area contributed by atoms with Gasteiger partial charge in [0.2, 0.25) is 5.78 Å². The highest BCUT2D eigenvalue weighted by molar-refractivity contribution is 7.14. The highest BCUT2D eigenvalue weighted by Crippen LogP contribution is 2.15. The fourth-order valence-corrected chi connectivity index (χ4v) is 3.37. The summed E-state index contributed by atoms with van der Waals surface area (Å²) in [7, 11) is 0. The van der Waals surface area contributed by atoms with Crippen LogP contribution in [-0.2, 0) is 22.6 Å². The number of carbonyl (C=O) groups excluding carboxylic acids is 2. The van der Waals surface area contributed by atoms with Gasteiger partial charge in [0.05, 0.1) is 11.4 Å². The van der Waals surface area contributed by atoms with Crippen LogP contribution in [0.4, 0.5) is 0 Å². The van der Waals surface area contributed by atoms with Gasteiger partial charge in [0.15, 0.2) is 6.61 Å². The van der Waals surface area contributed by atoms with Crippen molar-refractivity contribution in [1.29, 1.82) is 0 Å². The van der Waals surface area contributed by atoms with Crippen LogP contribution in [0, 0.1) is 6.92 Å². The number of ketones is 1. The molecule has 8 heteroatoms. The second kappa shape index (κ2) is 8.62. The molecule has 2 aromatic heterocycles. The van der Waals surface area contributed by atoms with E-state index in [4.69, 9.17) is 4.74 Å². The minimum absolute atomic E-state index is 0.269. The van der Waals surface area contributed by atoms with Crippen molar-refractivity contribution in [2.75, 3.05) is 6.61 Å². The summed E-state index contributed by atoms with van der Waals surface area (Å²) in [4.78, 5) is 50.1. The maximum Gasteiger partial charge on any atom is 0.331 e. The largest absolute Gasteiger partial charge is 0.456 e. The average Bonchev–Trinajstić information content (AvgIpc) is 3.13. The van der Waals surface area contributed by atoms with Crippen LogP contribution in [0.1, 0.15) is 20.1 Å². The average molecular weight is 398 g/mol. The van der Waals surface area contributed by atoms with Crippen LogP contribution in [0.25, 0.3) is 0 Å². The number of thiophene rings is 1. The fourth-order valence-electron chi connectivity index (χ4n) is 2.58. The first-order valence-electron chi connectivity index (χ1n) is 8.53. The van der Waals surface area contributed by atoms with E-state index >= 15 is 0 Å². The van der Waals surface area contributed by atoms with E-state index in [9.17, 15) is 19.2 Å². The van der Waals surface area contributed by atoms with Crippen LogP contribution >= 0.6 is 11.3 Å². The molecule has 3 aromatic rings. The van der Waals surface area contributed by atoms with Gasteiger partial charge < -0.3 is 4.74 Å². The lowest BCUT2D eigenvalue weighted by Crippen LogP contribution is -2.41. The first kappa shape index (κ1) is 19.5. The van der Waals surface area contributed by atoms with E-state index < -0.39 is 30.4 Å². The lowest BCUT2D eigenvalue weighted by Gasteiger charge is -2.10. The second-order valence-corrected chi connectivity index (χ2v) is 7.42. The number of hydrogen-bond acceptors (Lipinski definition) is 6. The molecule has 0 atom stereocenters. The Balaban J connectivity index is 1.68. The number of carbonyl (C=O) groups is 2. The molecule has 0 N–H and O–H groups in total. The summed E-state index contributed by atoms with van der Waals surface area (Å²) in [6.07, 6.45) is 1.39. The summed E-state index contributed by atoms with van der Waals surface area (Å²) in [5.41, 5.74) is -0.339. The molecule has 7 nitrogen and oxygen atoms in total. The number of nitrogens with zero attached hydrogens (tertiary/aromatic N) is 2. The molecule has 0 aliphatic rings. The molecule has 0 saturated carbocycles. The first-order chi connectivity index (χ1) is 13.4. The summed E-state index contributed by atoms with van der Waals surface area (Å²) in [5.74, 6) is -1.15. The topological polar surface area (TPSA) is 87.4 Å². The molecule has 3 rings (SSSR count). The lowest BCUT2D eigenvalue weighted by atomic mass is 10.2. The molecule has 0 saturated heterocycles. The molecular formula is C20H18N2O5S. The van der Waals surface area contributed by atoms with Gasteiger partial charge in [-0.15, -0.1) is 11.3 Å². The SMILES string of the molecule is Cc1ccc(C(=O)COC(=O)Cn2c(=O)ccn(Cc3ccccc3)c2=O)s1. The van der Waals surface area contributed by atoms with E-state index in [0.29, 0.717) is 4.88 Å². The van der Waals surface area contributed by atoms with Gasteiger partial charge in [-0.1, -0.05) is 30.3 Å². The van der Waals surface area contributed by atoms with Crippen molar-refractivity contribution < 1.29 is 14.3 Å². The third-order valence-corrected chi connectivity index (χ3v) is 5.04. The molecule has 0 spiro atoms. The lowest BCUT2D eigenvalue weighted by molar-refractivity contribution is -0.143. The molecule has 0 fully saturated rings.